The van der Waals surface area contributed by atoms with Gasteiger partial charge in [-0.3, -0.25) is 9.89 Å². The Hall–Kier alpha value is -2.30. The maximum absolute atomic E-state index is 12.5. The van der Waals surface area contributed by atoms with E-state index in [9.17, 15) is 4.79 Å². The van der Waals surface area contributed by atoms with Gasteiger partial charge in [0.1, 0.15) is 5.75 Å². The maximum atomic E-state index is 12.5. The number of H-pyrrole nitrogens is 1. The van der Waals surface area contributed by atoms with Crippen molar-refractivity contribution in [3.63, 3.8) is 0 Å². The van der Waals surface area contributed by atoms with Crippen LogP contribution in [0.5, 0.6) is 5.75 Å². The summed E-state index contributed by atoms with van der Waals surface area (Å²) in [5.41, 5.74) is 4.21. The molecular formula is C20H27N3O2. The summed E-state index contributed by atoms with van der Waals surface area (Å²) >= 11 is 0. The molecule has 0 bridgehead atoms. The average molecular weight is 341 g/mol. The van der Waals surface area contributed by atoms with Crippen LogP contribution in [0.1, 0.15) is 48.2 Å². The lowest BCUT2D eigenvalue weighted by Crippen LogP contribution is -2.39. The molecule has 134 valence electrons. The number of amides is 1. The van der Waals surface area contributed by atoms with Crippen molar-refractivity contribution in [1.82, 2.24) is 15.5 Å². The summed E-state index contributed by atoms with van der Waals surface area (Å²) in [7, 11) is 1.68. The number of carbonyl (C=O) groups excluding carboxylic acids is 1. The first kappa shape index (κ1) is 17.5. The number of rotatable bonds is 6. The van der Waals surface area contributed by atoms with E-state index in [2.05, 4.69) is 27.6 Å². The highest BCUT2D eigenvalue weighted by Crippen LogP contribution is 2.41. The van der Waals surface area contributed by atoms with E-state index in [0.717, 1.165) is 35.5 Å². The fraction of sp³-hybridized carbons (Fsp3) is 0.500. The topological polar surface area (TPSA) is 67.0 Å². The first-order valence-corrected chi connectivity index (χ1v) is 8.96. The predicted octanol–water partition coefficient (Wildman–Crippen LogP) is 3.21. The van der Waals surface area contributed by atoms with E-state index in [1.54, 1.807) is 7.11 Å². The van der Waals surface area contributed by atoms with Crippen LogP contribution >= 0.6 is 0 Å². The SMILES string of the molecule is COc1ccc(C2(CNC(=O)Cc3c(C)n[nH]c3C)CCCC2)cc1. The molecule has 1 amide bonds. The van der Waals surface area contributed by atoms with Gasteiger partial charge in [-0.2, -0.15) is 5.10 Å². The molecule has 1 aromatic carbocycles. The van der Waals surface area contributed by atoms with E-state index < -0.39 is 0 Å². The molecule has 0 unspecified atom stereocenters. The van der Waals surface area contributed by atoms with E-state index in [1.165, 1.54) is 18.4 Å². The minimum Gasteiger partial charge on any atom is -0.497 e. The van der Waals surface area contributed by atoms with Crippen molar-refractivity contribution in [3.8, 4) is 5.75 Å². The van der Waals surface area contributed by atoms with Crippen LogP contribution in [0.3, 0.4) is 0 Å². The number of carbonyl (C=O) groups is 1. The molecule has 0 saturated heterocycles. The van der Waals surface area contributed by atoms with E-state index in [0.29, 0.717) is 13.0 Å². The lowest BCUT2D eigenvalue weighted by Gasteiger charge is -2.30. The number of ether oxygens (including phenoxy) is 1. The van der Waals surface area contributed by atoms with Crippen molar-refractivity contribution in [1.29, 1.82) is 0 Å². The highest BCUT2D eigenvalue weighted by molar-refractivity contribution is 5.79. The molecule has 0 aliphatic heterocycles. The van der Waals surface area contributed by atoms with Gasteiger partial charge >= 0.3 is 0 Å². The summed E-state index contributed by atoms with van der Waals surface area (Å²) in [6.07, 6.45) is 5.03. The van der Waals surface area contributed by atoms with Crippen LogP contribution in [0.25, 0.3) is 0 Å². The molecule has 2 N–H and O–H groups in total. The zero-order valence-electron chi connectivity index (χ0n) is 15.3. The second-order valence-electron chi connectivity index (χ2n) is 7.08. The van der Waals surface area contributed by atoms with Crippen molar-refractivity contribution in [3.05, 3.63) is 46.8 Å². The number of nitrogens with one attached hydrogen (secondary N) is 2. The largest absolute Gasteiger partial charge is 0.497 e. The molecule has 1 aromatic heterocycles. The van der Waals surface area contributed by atoms with Gasteiger partial charge in [-0.1, -0.05) is 25.0 Å². The molecule has 0 atom stereocenters. The third-order valence-corrected chi connectivity index (χ3v) is 5.51. The Morgan fingerprint density at radius 2 is 1.92 bits per heavy atom. The molecule has 5 nitrogen and oxygen atoms in total. The third-order valence-electron chi connectivity index (χ3n) is 5.51. The smallest absolute Gasteiger partial charge is 0.224 e. The van der Waals surface area contributed by atoms with E-state index in [4.69, 9.17) is 4.74 Å². The fourth-order valence-corrected chi connectivity index (χ4v) is 3.89. The number of aromatic amines is 1. The van der Waals surface area contributed by atoms with Crippen LogP contribution in [0.2, 0.25) is 0 Å². The molecule has 1 heterocycles. The summed E-state index contributed by atoms with van der Waals surface area (Å²) < 4.78 is 5.27. The molecule has 3 rings (SSSR count). The van der Waals surface area contributed by atoms with Crippen LogP contribution < -0.4 is 10.1 Å². The fourth-order valence-electron chi connectivity index (χ4n) is 3.89. The highest BCUT2D eigenvalue weighted by Gasteiger charge is 2.35. The molecule has 2 aromatic rings. The highest BCUT2D eigenvalue weighted by atomic mass is 16.5. The number of aryl methyl sites for hydroxylation is 2. The Bertz CT molecular complexity index is 708. The summed E-state index contributed by atoms with van der Waals surface area (Å²) in [5, 5.41) is 10.3. The molecule has 5 heteroatoms. The van der Waals surface area contributed by atoms with Gasteiger partial charge < -0.3 is 10.1 Å². The molecule has 1 aliphatic rings. The van der Waals surface area contributed by atoms with Gasteiger partial charge in [0.2, 0.25) is 5.91 Å². The number of aromatic nitrogens is 2. The number of methoxy groups -OCH3 is 1. The van der Waals surface area contributed by atoms with Gasteiger partial charge in [-0.15, -0.1) is 0 Å². The zero-order chi connectivity index (χ0) is 17.9. The van der Waals surface area contributed by atoms with Gasteiger partial charge in [0, 0.05) is 23.2 Å². The van der Waals surface area contributed by atoms with Crippen molar-refractivity contribution in [2.45, 2.75) is 51.4 Å². The Balaban J connectivity index is 1.68. The van der Waals surface area contributed by atoms with Crippen LogP contribution in [0.4, 0.5) is 0 Å². The van der Waals surface area contributed by atoms with Crippen molar-refractivity contribution >= 4 is 5.91 Å². The van der Waals surface area contributed by atoms with Gasteiger partial charge in [0.15, 0.2) is 0 Å². The monoisotopic (exact) mass is 341 g/mol. The lowest BCUT2D eigenvalue weighted by atomic mass is 9.78. The Labute approximate surface area is 149 Å². The van der Waals surface area contributed by atoms with Gasteiger partial charge in [0.25, 0.3) is 0 Å². The van der Waals surface area contributed by atoms with Gasteiger partial charge in [-0.25, -0.2) is 0 Å². The van der Waals surface area contributed by atoms with Gasteiger partial charge in [-0.05, 0) is 44.4 Å². The van der Waals surface area contributed by atoms with Gasteiger partial charge in [0.05, 0.1) is 19.2 Å². The zero-order valence-corrected chi connectivity index (χ0v) is 15.3. The number of hydrogen-bond donors (Lipinski definition) is 2. The first-order chi connectivity index (χ1) is 12.0. The molecule has 1 aliphatic carbocycles. The molecule has 0 radical (unpaired) electrons. The number of benzene rings is 1. The van der Waals surface area contributed by atoms with Crippen LogP contribution in [-0.2, 0) is 16.6 Å². The molecule has 25 heavy (non-hydrogen) atoms. The van der Waals surface area contributed by atoms with Crippen LogP contribution in [0.15, 0.2) is 24.3 Å². The van der Waals surface area contributed by atoms with Crippen LogP contribution in [-0.4, -0.2) is 29.8 Å². The second-order valence-corrected chi connectivity index (χ2v) is 7.08. The van der Waals surface area contributed by atoms with E-state index in [1.807, 2.05) is 26.0 Å². The molecule has 1 fully saturated rings. The Morgan fingerprint density at radius 3 is 2.48 bits per heavy atom. The average Bonchev–Trinajstić information content (AvgIpc) is 3.23. The molecular weight excluding hydrogens is 314 g/mol. The van der Waals surface area contributed by atoms with Crippen molar-refractivity contribution in [2.24, 2.45) is 0 Å². The summed E-state index contributed by atoms with van der Waals surface area (Å²) in [6.45, 7) is 4.58. The minimum atomic E-state index is 0.0441. The summed E-state index contributed by atoms with van der Waals surface area (Å²) in [6, 6.07) is 8.30. The van der Waals surface area contributed by atoms with E-state index in [-0.39, 0.29) is 11.3 Å². The lowest BCUT2D eigenvalue weighted by molar-refractivity contribution is -0.120. The van der Waals surface area contributed by atoms with Crippen molar-refractivity contribution in [2.75, 3.05) is 13.7 Å². The standard InChI is InChI=1S/C20H27N3O2/c1-14-18(15(2)23-22-14)12-19(24)21-13-20(10-4-5-11-20)16-6-8-17(25-3)9-7-16/h6-9H,4-5,10-13H2,1-3H3,(H,21,24)(H,22,23). The second kappa shape index (κ2) is 7.30. The maximum Gasteiger partial charge on any atom is 0.224 e. The molecule has 1 saturated carbocycles. The Kier molecular flexibility index (Phi) is 5.11. The number of nitrogens with zero attached hydrogens (tertiary/aromatic N) is 1. The van der Waals surface area contributed by atoms with Crippen molar-refractivity contribution < 1.29 is 9.53 Å². The third kappa shape index (κ3) is 3.70. The predicted molar refractivity (Wildman–Crippen MR) is 97.9 cm³/mol. The van der Waals surface area contributed by atoms with Crippen LogP contribution in [0, 0.1) is 13.8 Å². The minimum absolute atomic E-state index is 0.0441. The summed E-state index contributed by atoms with van der Waals surface area (Å²) in [5.74, 6) is 0.930. The normalized spacial score (nSPS) is 16.0. The Morgan fingerprint density at radius 1 is 1.24 bits per heavy atom. The number of hydrogen-bond acceptors (Lipinski definition) is 3. The quantitative estimate of drug-likeness (QED) is 0.848. The van der Waals surface area contributed by atoms with E-state index >= 15 is 0 Å². The summed E-state index contributed by atoms with van der Waals surface area (Å²) in [4.78, 5) is 12.5. The first-order valence-electron chi connectivity index (χ1n) is 8.96. The molecule has 0 spiro atoms.